The van der Waals surface area contributed by atoms with Crippen LogP contribution < -0.4 is 15.4 Å². The maximum absolute atomic E-state index is 12.0. The monoisotopic (exact) mass is 380 g/mol. The first kappa shape index (κ1) is 18.7. The standard InChI is InChI=1S/C20H20N4O2S/c1-15-3-9-18(10-4-15)27-14-13-21-19(25)24-16-5-7-17(8-6-16)26-20-22-11-2-12-23-20/h2-12H,13-14H2,1H3,(H2,21,24,25). The third-order valence-corrected chi connectivity index (χ3v) is 4.55. The van der Waals surface area contributed by atoms with Crippen molar-refractivity contribution in [3.05, 3.63) is 72.6 Å². The Morgan fingerprint density at radius 3 is 2.44 bits per heavy atom. The van der Waals surface area contributed by atoms with Crippen LogP contribution in [0.25, 0.3) is 0 Å². The van der Waals surface area contributed by atoms with Crippen molar-refractivity contribution in [3.8, 4) is 11.8 Å². The minimum atomic E-state index is -0.237. The molecule has 0 radical (unpaired) electrons. The molecule has 0 spiro atoms. The first-order chi connectivity index (χ1) is 13.2. The molecule has 0 aliphatic rings. The number of ether oxygens (including phenoxy) is 1. The summed E-state index contributed by atoms with van der Waals surface area (Å²) in [6.07, 6.45) is 3.22. The van der Waals surface area contributed by atoms with Crippen molar-refractivity contribution in [2.45, 2.75) is 11.8 Å². The minimum Gasteiger partial charge on any atom is -0.424 e. The maximum atomic E-state index is 12.0. The molecule has 0 unspecified atom stereocenters. The van der Waals surface area contributed by atoms with Crippen LogP contribution in [0.4, 0.5) is 10.5 Å². The fourth-order valence-corrected chi connectivity index (χ4v) is 2.96. The van der Waals surface area contributed by atoms with Gasteiger partial charge in [0.25, 0.3) is 0 Å². The van der Waals surface area contributed by atoms with Crippen molar-refractivity contribution in [1.82, 2.24) is 15.3 Å². The van der Waals surface area contributed by atoms with E-state index >= 15 is 0 Å². The molecule has 7 heteroatoms. The van der Waals surface area contributed by atoms with Crippen LogP contribution in [0.1, 0.15) is 5.56 Å². The molecule has 0 aliphatic heterocycles. The van der Waals surface area contributed by atoms with E-state index in [9.17, 15) is 4.79 Å². The highest BCUT2D eigenvalue weighted by molar-refractivity contribution is 7.99. The molecule has 1 heterocycles. The van der Waals surface area contributed by atoms with Gasteiger partial charge in [0.1, 0.15) is 5.75 Å². The second kappa shape index (κ2) is 9.59. The molecule has 27 heavy (non-hydrogen) atoms. The molecular formula is C20H20N4O2S. The SMILES string of the molecule is Cc1ccc(SCCNC(=O)Nc2ccc(Oc3ncccn3)cc2)cc1. The van der Waals surface area contributed by atoms with E-state index in [0.717, 1.165) is 5.75 Å². The van der Waals surface area contributed by atoms with Crippen LogP contribution in [0.15, 0.2) is 71.9 Å². The van der Waals surface area contributed by atoms with Gasteiger partial charge >= 0.3 is 12.0 Å². The van der Waals surface area contributed by atoms with E-state index in [4.69, 9.17) is 4.74 Å². The number of nitrogens with one attached hydrogen (secondary N) is 2. The van der Waals surface area contributed by atoms with E-state index in [2.05, 4.69) is 51.8 Å². The Balaban J connectivity index is 1.39. The highest BCUT2D eigenvalue weighted by Crippen LogP contribution is 2.20. The van der Waals surface area contributed by atoms with Gasteiger partial charge in [0.05, 0.1) is 0 Å². The highest BCUT2D eigenvalue weighted by Gasteiger charge is 2.03. The van der Waals surface area contributed by atoms with Crippen LogP contribution in [-0.4, -0.2) is 28.3 Å². The number of anilines is 1. The molecule has 0 bridgehead atoms. The van der Waals surface area contributed by atoms with E-state index in [1.165, 1.54) is 10.5 Å². The number of benzene rings is 2. The normalized spacial score (nSPS) is 10.3. The van der Waals surface area contributed by atoms with E-state index in [0.29, 0.717) is 18.0 Å². The largest absolute Gasteiger partial charge is 0.424 e. The van der Waals surface area contributed by atoms with Gasteiger partial charge in [-0.1, -0.05) is 17.7 Å². The molecule has 0 fully saturated rings. The Hall–Kier alpha value is -3.06. The first-order valence-electron chi connectivity index (χ1n) is 8.48. The van der Waals surface area contributed by atoms with Crippen molar-refractivity contribution in [2.24, 2.45) is 0 Å². The van der Waals surface area contributed by atoms with Crippen molar-refractivity contribution >= 4 is 23.5 Å². The second-order valence-electron chi connectivity index (χ2n) is 5.70. The quantitative estimate of drug-likeness (QED) is 0.466. The van der Waals surface area contributed by atoms with Gasteiger partial charge in [-0.25, -0.2) is 14.8 Å². The molecule has 1 aromatic heterocycles. The van der Waals surface area contributed by atoms with Gasteiger partial charge in [-0.2, -0.15) is 0 Å². The summed E-state index contributed by atoms with van der Waals surface area (Å²) in [7, 11) is 0. The Morgan fingerprint density at radius 1 is 1.04 bits per heavy atom. The number of nitrogens with zero attached hydrogens (tertiary/aromatic N) is 2. The van der Waals surface area contributed by atoms with Crippen LogP contribution in [0.2, 0.25) is 0 Å². The molecule has 3 aromatic rings. The lowest BCUT2D eigenvalue weighted by molar-refractivity contribution is 0.252. The van der Waals surface area contributed by atoms with Crippen LogP contribution in [0.5, 0.6) is 11.8 Å². The number of amides is 2. The third kappa shape index (κ3) is 6.31. The summed E-state index contributed by atoms with van der Waals surface area (Å²) in [6.45, 7) is 2.64. The Labute approximate surface area is 162 Å². The second-order valence-corrected chi connectivity index (χ2v) is 6.87. The Bertz CT molecular complexity index is 855. The van der Waals surface area contributed by atoms with Gasteiger partial charge in [-0.3, -0.25) is 0 Å². The predicted molar refractivity (Wildman–Crippen MR) is 107 cm³/mol. The fraction of sp³-hybridized carbons (Fsp3) is 0.150. The number of aryl methyl sites for hydroxylation is 1. The molecule has 138 valence electrons. The van der Waals surface area contributed by atoms with Crippen LogP contribution in [0, 0.1) is 6.92 Å². The summed E-state index contributed by atoms with van der Waals surface area (Å²) in [5, 5.41) is 5.64. The van der Waals surface area contributed by atoms with Crippen molar-refractivity contribution < 1.29 is 9.53 Å². The number of rotatable bonds is 7. The molecule has 2 aromatic carbocycles. The number of aromatic nitrogens is 2. The van der Waals surface area contributed by atoms with Crippen molar-refractivity contribution in [1.29, 1.82) is 0 Å². The molecule has 3 rings (SSSR count). The number of carbonyl (C=O) groups excluding carboxylic acids is 1. The van der Waals surface area contributed by atoms with E-state index < -0.39 is 0 Å². The van der Waals surface area contributed by atoms with Gasteiger partial charge in [-0.15, -0.1) is 11.8 Å². The molecular weight excluding hydrogens is 360 g/mol. The molecule has 0 saturated heterocycles. The average Bonchev–Trinajstić information content (AvgIpc) is 2.69. The van der Waals surface area contributed by atoms with Gasteiger partial charge < -0.3 is 15.4 Å². The zero-order chi connectivity index (χ0) is 18.9. The average molecular weight is 380 g/mol. The smallest absolute Gasteiger partial charge is 0.321 e. The summed E-state index contributed by atoms with van der Waals surface area (Å²) in [5.74, 6) is 1.40. The maximum Gasteiger partial charge on any atom is 0.321 e. The summed E-state index contributed by atoms with van der Waals surface area (Å²) < 4.78 is 5.51. The summed E-state index contributed by atoms with van der Waals surface area (Å²) in [5.41, 5.74) is 1.92. The Kier molecular flexibility index (Phi) is 6.65. The highest BCUT2D eigenvalue weighted by atomic mass is 32.2. The molecule has 2 amide bonds. The molecule has 0 atom stereocenters. The first-order valence-corrected chi connectivity index (χ1v) is 9.47. The van der Waals surface area contributed by atoms with Crippen molar-refractivity contribution in [3.63, 3.8) is 0 Å². The van der Waals surface area contributed by atoms with Crippen LogP contribution >= 0.6 is 11.8 Å². The summed E-state index contributed by atoms with van der Waals surface area (Å²) in [4.78, 5) is 21.2. The zero-order valence-corrected chi connectivity index (χ0v) is 15.7. The number of thioether (sulfide) groups is 1. The summed E-state index contributed by atoms with van der Waals surface area (Å²) >= 11 is 1.71. The van der Waals surface area contributed by atoms with Gasteiger partial charge in [0, 0.05) is 35.3 Å². The van der Waals surface area contributed by atoms with E-state index in [-0.39, 0.29) is 12.0 Å². The molecule has 2 N–H and O–H groups in total. The van der Waals surface area contributed by atoms with Crippen molar-refractivity contribution in [2.75, 3.05) is 17.6 Å². The zero-order valence-electron chi connectivity index (χ0n) is 14.9. The third-order valence-electron chi connectivity index (χ3n) is 3.54. The van der Waals surface area contributed by atoms with E-state index in [1.807, 2.05) is 0 Å². The summed E-state index contributed by atoms with van der Waals surface area (Å²) in [6, 6.07) is 17.1. The molecule has 0 aliphatic carbocycles. The lowest BCUT2D eigenvalue weighted by Crippen LogP contribution is -2.30. The number of hydrogen-bond acceptors (Lipinski definition) is 5. The lowest BCUT2D eigenvalue weighted by atomic mass is 10.2. The van der Waals surface area contributed by atoms with E-state index in [1.54, 1.807) is 54.5 Å². The minimum absolute atomic E-state index is 0.237. The predicted octanol–water partition coefficient (Wildman–Crippen LogP) is 4.49. The van der Waals surface area contributed by atoms with Gasteiger partial charge in [0.2, 0.25) is 0 Å². The fourth-order valence-electron chi connectivity index (χ4n) is 2.19. The van der Waals surface area contributed by atoms with Gasteiger partial charge in [0.15, 0.2) is 0 Å². The lowest BCUT2D eigenvalue weighted by Gasteiger charge is -2.09. The molecule has 6 nitrogen and oxygen atoms in total. The number of hydrogen-bond donors (Lipinski definition) is 2. The Morgan fingerprint density at radius 2 is 1.74 bits per heavy atom. The van der Waals surface area contributed by atoms with Crippen LogP contribution in [0.3, 0.4) is 0 Å². The number of carbonyl (C=O) groups is 1. The number of urea groups is 1. The van der Waals surface area contributed by atoms with Gasteiger partial charge in [-0.05, 0) is 49.4 Å². The molecule has 0 saturated carbocycles. The van der Waals surface area contributed by atoms with Crippen LogP contribution in [-0.2, 0) is 0 Å². The topological polar surface area (TPSA) is 76.1 Å².